The van der Waals surface area contributed by atoms with E-state index in [0.29, 0.717) is 17.1 Å². The summed E-state index contributed by atoms with van der Waals surface area (Å²) in [5.74, 6) is -0.243. The number of anilines is 1. The first kappa shape index (κ1) is 27.4. The van der Waals surface area contributed by atoms with Gasteiger partial charge in [-0.3, -0.25) is 0 Å². The van der Waals surface area contributed by atoms with Crippen LogP contribution in [0.15, 0.2) is 47.4 Å². The predicted molar refractivity (Wildman–Crippen MR) is 148 cm³/mol. The number of nitrogens with one attached hydrogen (secondary N) is 1. The van der Waals surface area contributed by atoms with Crippen molar-refractivity contribution in [2.24, 2.45) is 5.92 Å². The Bertz CT molecular complexity index is 1300. The van der Waals surface area contributed by atoms with E-state index in [1.807, 2.05) is 23.1 Å². The van der Waals surface area contributed by atoms with Gasteiger partial charge in [-0.2, -0.15) is 0 Å². The van der Waals surface area contributed by atoms with E-state index in [9.17, 15) is 17.6 Å². The molecule has 3 atom stereocenters. The number of carbonyl (C=O) groups is 1. The number of halogens is 2. The average molecular weight is 563 g/mol. The third-order valence-corrected chi connectivity index (χ3v) is 10.0. The van der Waals surface area contributed by atoms with Gasteiger partial charge in [-0.25, -0.2) is 17.6 Å². The third-order valence-electron chi connectivity index (χ3n) is 8.62. The number of carbonyl (C=O) groups excluding carboxylic acids is 1. The van der Waals surface area contributed by atoms with Crippen LogP contribution in [0.3, 0.4) is 0 Å². The first-order valence-electron chi connectivity index (χ1n) is 13.3. The van der Waals surface area contributed by atoms with Crippen LogP contribution in [0, 0.1) is 11.7 Å². The number of hydrogen-bond acceptors (Lipinski definition) is 5. The van der Waals surface area contributed by atoms with Gasteiger partial charge in [0.2, 0.25) is 0 Å². The van der Waals surface area contributed by atoms with Gasteiger partial charge in [0.1, 0.15) is 5.82 Å². The fraction of sp³-hybridized carbons (Fsp3) is 0.536. The molecule has 2 amide bonds. The molecule has 0 bridgehead atoms. The Morgan fingerprint density at radius 3 is 2.63 bits per heavy atom. The molecule has 2 aliphatic carbocycles. The molecule has 0 radical (unpaired) electrons. The van der Waals surface area contributed by atoms with Crippen LogP contribution in [0.1, 0.15) is 31.2 Å². The fourth-order valence-corrected chi connectivity index (χ4v) is 7.19. The van der Waals surface area contributed by atoms with Crippen molar-refractivity contribution in [1.29, 1.82) is 0 Å². The van der Waals surface area contributed by atoms with Crippen LogP contribution in [0.2, 0.25) is 5.02 Å². The summed E-state index contributed by atoms with van der Waals surface area (Å²) in [4.78, 5) is 20.7. The van der Waals surface area contributed by atoms with Gasteiger partial charge in [-0.15, -0.1) is 0 Å². The lowest BCUT2D eigenvalue weighted by molar-refractivity contribution is 0.140. The standard InChI is InChI=1S/C28H36ClFN4O3S/c1-32-13-15-33(16-14-32)11-4-12-34(27(35)31-21-7-8-25(30)24(29)18-21)26-9-10-28(19-23(26)28)20-5-3-6-22(17-20)38(2,36)37/h3,5-8,17-18,23,26H,4,9-16,19H2,1-2H3,(H,31,35)/t23-,26-,28-/m1/s1. The number of sulfone groups is 1. The van der Waals surface area contributed by atoms with Crippen molar-refractivity contribution >= 4 is 33.2 Å². The lowest BCUT2D eigenvalue weighted by Gasteiger charge is -2.34. The molecular weight excluding hydrogens is 527 g/mol. The molecule has 10 heteroatoms. The van der Waals surface area contributed by atoms with E-state index < -0.39 is 15.7 Å². The van der Waals surface area contributed by atoms with Crippen LogP contribution in [0.4, 0.5) is 14.9 Å². The summed E-state index contributed by atoms with van der Waals surface area (Å²) in [5, 5.41) is 2.91. The molecule has 2 aromatic rings. The predicted octanol–water partition coefficient (Wildman–Crippen LogP) is 4.47. The number of benzene rings is 2. The van der Waals surface area contributed by atoms with Gasteiger partial charge < -0.3 is 20.0 Å². The Balaban J connectivity index is 1.32. The molecule has 38 heavy (non-hydrogen) atoms. The lowest BCUT2D eigenvalue weighted by atomic mass is 9.93. The molecule has 206 valence electrons. The van der Waals surface area contributed by atoms with E-state index in [2.05, 4.69) is 22.2 Å². The van der Waals surface area contributed by atoms with Gasteiger partial charge in [0.05, 0.1) is 9.92 Å². The van der Waals surface area contributed by atoms with Gasteiger partial charge in [-0.1, -0.05) is 23.7 Å². The Labute approximate surface area is 229 Å². The highest BCUT2D eigenvalue weighted by molar-refractivity contribution is 7.90. The molecule has 0 spiro atoms. The van der Waals surface area contributed by atoms with Crippen LogP contribution < -0.4 is 5.32 Å². The largest absolute Gasteiger partial charge is 0.322 e. The number of hydrogen-bond donors (Lipinski definition) is 1. The van der Waals surface area contributed by atoms with Crippen LogP contribution in [0.5, 0.6) is 0 Å². The summed E-state index contributed by atoms with van der Waals surface area (Å²) in [6, 6.07) is 11.4. The van der Waals surface area contributed by atoms with Crippen molar-refractivity contribution in [2.75, 3.05) is 57.9 Å². The number of rotatable bonds is 8. The highest BCUT2D eigenvalue weighted by Gasteiger charge is 2.64. The summed E-state index contributed by atoms with van der Waals surface area (Å²) in [6.07, 6.45) is 4.82. The monoisotopic (exact) mass is 562 g/mol. The van der Waals surface area contributed by atoms with Crippen molar-refractivity contribution in [3.8, 4) is 0 Å². The molecule has 3 aliphatic rings. The second-order valence-corrected chi connectivity index (χ2v) is 13.5. The minimum Gasteiger partial charge on any atom is -0.321 e. The molecule has 1 saturated heterocycles. The van der Waals surface area contributed by atoms with Crippen LogP contribution in [-0.4, -0.2) is 87.8 Å². The molecule has 2 saturated carbocycles. The van der Waals surface area contributed by atoms with E-state index in [-0.39, 0.29) is 28.4 Å². The number of nitrogens with zero attached hydrogens (tertiary/aromatic N) is 3. The zero-order chi connectivity index (χ0) is 27.1. The van der Waals surface area contributed by atoms with E-state index in [1.165, 1.54) is 24.5 Å². The first-order chi connectivity index (χ1) is 18.1. The first-order valence-corrected chi connectivity index (χ1v) is 15.6. The normalized spacial score (nSPS) is 25.7. The molecule has 1 heterocycles. The molecule has 7 nitrogen and oxygen atoms in total. The van der Waals surface area contributed by atoms with Gasteiger partial charge in [0.25, 0.3) is 0 Å². The molecule has 0 aromatic heterocycles. The molecule has 0 unspecified atom stereocenters. The number of piperazine rings is 1. The van der Waals surface area contributed by atoms with E-state index in [1.54, 1.807) is 6.07 Å². The van der Waals surface area contributed by atoms with Crippen LogP contribution in [-0.2, 0) is 15.3 Å². The molecule has 5 rings (SSSR count). The summed E-state index contributed by atoms with van der Waals surface area (Å²) < 4.78 is 38.0. The maximum absolute atomic E-state index is 13.7. The van der Waals surface area contributed by atoms with Crippen molar-refractivity contribution in [3.63, 3.8) is 0 Å². The fourth-order valence-electron chi connectivity index (χ4n) is 6.34. The Morgan fingerprint density at radius 2 is 1.95 bits per heavy atom. The number of likely N-dealkylation sites (N-methyl/N-ethyl adjacent to an activating group) is 1. The van der Waals surface area contributed by atoms with Crippen LogP contribution >= 0.6 is 11.6 Å². The zero-order valence-corrected chi connectivity index (χ0v) is 23.6. The molecule has 1 N–H and O–H groups in total. The van der Waals surface area contributed by atoms with E-state index >= 15 is 0 Å². The second kappa shape index (κ2) is 10.8. The van der Waals surface area contributed by atoms with Crippen LogP contribution in [0.25, 0.3) is 0 Å². The zero-order valence-electron chi connectivity index (χ0n) is 22.0. The Kier molecular flexibility index (Phi) is 7.75. The highest BCUT2D eigenvalue weighted by atomic mass is 35.5. The Morgan fingerprint density at radius 1 is 1.18 bits per heavy atom. The molecule has 2 aromatic carbocycles. The number of urea groups is 1. The van der Waals surface area contributed by atoms with Crippen molar-refractivity contribution in [1.82, 2.24) is 14.7 Å². The average Bonchev–Trinajstić information content (AvgIpc) is 3.51. The smallest absolute Gasteiger partial charge is 0.321 e. The quantitative estimate of drug-likeness (QED) is 0.514. The number of amides is 2. The van der Waals surface area contributed by atoms with E-state index in [4.69, 9.17) is 11.6 Å². The van der Waals surface area contributed by atoms with E-state index in [0.717, 1.165) is 64.0 Å². The maximum Gasteiger partial charge on any atom is 0.322 e. The SMILES string of the molecule is CN1CCN(CCCN(C(=O)Nc2ccc(F)c(Cl)c2)[C@@H]2CC[C@]3(c4cccc(S(C)(=O)=O)c4)C[C@H]23)CC1. The van der Waals surface area contributed by atoms with Crippen molar-refractivity contribution in [2.45, 2.75) is 42.0 Å². The van der Waals surface area contributed by atoms with Gasteiger partial charge in [0.15, 0.2) is 9.84 Å². The molecule has 1 aliphatic heterocycles. The van der Waals surface area contributed by atoms with Gasteiger partial charge in [-0.05, 0) is 81.1 Å². The Hall–Kier alpha value is -2.20. The molecular formula is C28H36ClFN4O3S. The highest BCUT2D eigenvalue weighted by Crippen LogP contribution is 2.65. The summed E-state index contributed by atoms with van der Waals surface area (Å²) in [7, 11) is -1.16. The molecule has 3 fully saturated rings. The third kappa shape index (κ3) is 5.71. The maximum atomic E-state index is 13.7. The summed E-state index contributed by atoms with van der Waals surface area (Å²) in [5.41, 5.74) is 1.43. The second-order valence-electron chi connectivity index (χ2n) is 11.1. The van der Waals surface area contributed by atoms with Crippen molar-refractivity contribution < 1.29 is 17.6 Å². The lowest BCUT2D eigenvalue weighted by Crippen LogP contribution is -2.47. The minimum absolute atomic E-state index is 0.0303. The minimum atomic E-state index is -3.29. The van der Waals surface area contributed by atoms with Gasteiger partial charge in [0, 0.05) is 56.1 Å². The summed E-state index contributed by atoms with van der Waals surface area (Å²) >= 11 is 5.95. The summed E-state index contributed by atoms with van der Waals surface area (Å²) in [6.45, 7) is 5.71. The number of fused-ring (bicyclic) bond motifs is 1. The van der Waals surface area contributed by atoms with Crippen molar-refractivity contribution in [3.05, 3.63) is 58.9 Å². The topological polar surface area (TPSA) is 73.0 Å². The van der Waals surface area contributed by atoms with Gasteiger partial charge >= 0.3 is 6.03 Å².